The van der Waals surface area contributed by atoms with Gasteiger partial charge in [0, 0.05) is 22.4 Å². The molecule has 2 aliphatic rings. The van der Waals surface area contributed by atoms with Crippen LogP contribution < -0.4 is 20.7 Å². The molecule has 10 heteroatoms. The van der Waals surface area contributed by atoms with E-state index in [1.54, 1.807) is 25.3 Å². The Morgan fingerprint density at radius 2 is 1.91 bits per heavy atom. The van der Waals surface area contributed by atoms with Crippen molar-refractivity contribution in [3.8, 4) is 5.75 Å². The van der Waals surface area contributed by atoms with Crippen LogP contribution in [0.1, 0.15) is 56.4 Å². The van der Waals surface area contributed by atoms with Gasteiger partial charge < -0.3 is 30.8 Å². The van der Waals surface area contributed by atoms with Crippen molar-refractivity contribution >= 4 is 34.6 Å². The van der Waals surface area contributed by atoms with Crippen molar-refractivity contribution in [3.63, 3.8) is 0 Å². The van der Waals surface area contributed by atoms with E-state index in [0.29, 0.717) is 24.5 Å². The molecular formula is C25H32N4O6. The minimum atomic E-state index is -1.23. The molecule has 188 valence electrons. The average molecular weight is 485 g/mol. The van der Waals surface area contributed by atoms with Crippen LogP contribution in [0.2, 0.25) is 0 Å². The first-order chi connectivity index (χ1) is 16.6. The third-order valence-corrected chi connectivity index (χ3v) is 6.70. The van der Waals surface area contributed by atoms with Crippen molar-refractivity contribution in [1.29, 1.82) is 0 Å². The number of aromatic nitrogens is 1. The Kier molecular flexibility index (Phi) is 6.73. The normalized spacial score (nSPS) is 20.7. The molecule has 2 heterocycles. The zero-order valence-corrected chi connectivity index (χ0v) is 20.1. The van der Waals surface area contributed by atoms with Gasteiger partial charge >= 0.3 is 5.97 Å². The van der Waals surface area contributed by atoms with Gasteiger partial charge in [-0.05, 0) is 57.2 Å². The zero-order valence-electron chi connectivity index (χ0n) is 20.1. The number of hydrogen-bond acceptors (Lipinski definition) is 5. The van der Waals surface area contributed by atoms with Crippen LogP contribution in [-0.4, -0.2) is 58.5 Å². The first-order valence-corrected chi connectivity index (χ1v) is 11.9. The van der Waals surface area contributed by atoms with Crippen molar-refractivity contribution in [2.45, 2.75) is 63.6 Å². The lowest BCUT2D eigenvalue weighted by atomic mass is 9.91. The molecule has 2 aromatic rings. The summed E-state index contributed by atoms with van der Waals surface area (Å²) in [6, 6.07) is 4.96. The highest BCUT2D eigenvalue weighted by Crippen LogP contribution is 2.34. The highest BCUT2D eigenvalue weighted by atomic mass is 16.5. The number of aliphatic carboxylic acids is 1. The van der Waals surface area contributed by atoms with Crippen LogP contribution in [0.4, 0.5) is 0 Å². The van der Waals surface area contributed by atoms with Crippen LogP contribution in [0.5, 0.6) is 5.75 Å². The Morgan fingerprint density at radius 1 is 1.17 bits per heavy atom. The maximum absolute atomic E-state index is 13.1. The topological polar surface area (TPSA) is 150 Å². The summed E-state index contributed by atoms with van der Waals surface area (Å²) in [4.78, 5) is 53.3. The molecule has 0 bridgehead atoms. The number of nitrogens with one attached hydrogen (secondary N) is 4. The van der Waals surface area contributed by atoms with E-state index in [4.69, 9.17) is 4.74 Å². The number of hydrogen-bond donors (Lipinski definition) is 5. The predicted octanol–water partition coefficient (Wildman–Crippen LogP) is 1.95. The molecule has 1 aromatic carbocycles. The van der Waals surface area contributed by atoms with Crippen LogP contribution in [0.3, 0.4) is 0 Å². The lowest BCUT2D eigenvalue weighted by molar-refractivity contribution is -0.142. The van der Waals surface area contributed by atoms with Crippen LogP contribution in [0, 0.1) is 11.8 Å². The van der Waals surface area contributed by atoms with Gasteiger partial charge in [-0.1, -0.05) is 18.9 Å². The predicted molar refractivity (Wildman–Crippen MR) is 128 cm³/mol. The fourth-order valence-electron chi connectivity index (χ4n) is 4.75. The molecule has 35 heavy (non-hydrogen) atoms. The summed E-state index contributed by atoms with van der Waals surface area (Å²) < 4.78 is 5.34. The van der Waals surface area contributed by atoms with E-state index in [1.165, 1.54) is 0 Å². The maximum atomic E-state index is 13.1. The number of amides is 3. The molecule has 4 rings (SSSR count). The number of benzene rings is 1. The van der Waals surface area contributed by atoms with Crippen molar-refractivity contribution in [3.05, 3.63) is 30.0 Å². The summed E-state index contributed by atoms with van der Waals surface area (Å²) in [5.74, 6) is -2.05. The number of carboxylic acids is 1. The van der Waals surface area contributed by atoms with Gasteiger partial charge in [-0.15, -0.1) is 0 Å². The molecule has 0 unspecified atom stereocenters. The first-order valence-electron chi connectivity index (χ1n) is 11.9. The lowest BCUT2D eigenvalue weighted by Gasteiger charge is -2.22. The molecule has 3 atom stereocenters. The van der Waals surface area contributed by atoms with Gasteiger partial charge in [0.1, 0.15) is 23.5 Å². The average Bonchev–Trinajstić information content (AvgIpc) is 3.42. The summed E-state index contributed by atoms with van der Waals surface area (Å²) in [6.07, 6.45) is 2.82. The van der Waals surface area contributed by atoms with E-state index in [1.807, 2.05) is 19.9 Å². The zero-order chi connectivity index (χ0) is 25.3. The standard InChI is InChI=1S/C25H32N4O6/c1-25(2)12-14(21(30)29-25)10-19(24(33)34)28-22(31)17(9-13-7-8-13)27-23(32)18-11-15-16(26-18)5-4-6-20(15)35-3/h4-6,11,13-14,17,19,26H,7-10,12H2,1-3H3,(H,27,32)(H,28,31)(H,29,30)(H,33,34)/t14-,17+,19+/m1/s1. The Labute approximate surface area is 203 Å². The van der Waals surface area contributed by atoms with Gasteiger partial charge in [-0.3, -0.25) is 14.4 Å². The molecule has 1 aliphatic heterocycles. The number of methoxy groups -OCH3 is 1. The van der Waals surface area contributed by atoms with Gasteiger partial charge in [0.25, 0.3) is 5.91 Å². The van der Waals surface area contributed by atoms with Crippen LogP contribution in [0.15, 0.2) is 24.3 Å². The second kappa shape index (κ2) is 9.59. The van der Waals surface area contributed by atoms with E-state index in [9.17, 15) is 24.3 Å². The first kappa shape index (κ1) is 24.6. The van der Waals surface area contributed by atoms with Crippen molar-refractivity contribution < 1.29 is 29.0 Å². The number of carbonyl (C=O) groups excluding carboxylic acids is 3. The van der Waals surface area contributed by atoms with Gasteiger partial charge in [0.15, 0.2) is 0 Å². The smallest absolute Gasteiger partial charge is 0.326 e. The molecule has 1 saturated carbocycles. The van der Waals surface area contributed by atoms with Gasteiger partial charge in [-0.2, -0.15) is 0 Å². The number of H-pyrrole nitrogens is 1. The molecule has 5 N–H and O–H groups in total. The third-order valence-electron chi connectivity index (χ3n) is 6.70. The van der Waals surface area contributed by atoms with Crippen molar-refractivity contribution in [2.75, 3.05) is 7.11 Å². The monoisotopic (exact) mass is 484 g/mol. The quantitative estimate of drug-likeness (QED) is 0.348. The van der Waals surface area contributed by atoms with E-state index in [-0.39, 0.29) is 18.0 Å². The van der Waals surface area contributed by atoms with E-state index in [0.717, 1.165) is 23.7 Å². The second-order valence-corrected chi connectivity index (χ2v) is 10.2. The molecular weight excluding hydrogens is 452 g/mol. The molecule has 1 aliphatic carbocycles. The fourth-order valence-corrected chi connectivity index (χ4v) is 4.75. The fraction of sp³-hybridized carbons (Fsp3) is 0.520. The van der Waals surface area contributed by atoms with Crippen molar-refractivity contribution in [1.82, 2.24) is 20.9 Å². The summed E-state index contributed by atoms with van der Waals surface area (Å²) >= 11 is 0. The number of rotatable bonds is 10. The molecule has 10 nitrogen and oxygen atoms in total. The lowest BCUT2D eigenvalue weighted by Crippen LogP contribution is -2.52. The maximum Gasteiger partial charge on any atom is 0.326 e. The van der Waals surface area contributed by atoms with Crippen LogP contribution in [-0.2, 0) is 14.4 Å². The largest absolute Gasteiger partial charge is 0.496 e. The Bertz CT molecular complexity index is 1150. The second-order valence-electron chi connectivity index (χ2n) is 10.2. The summed E-state index contributed by atoms with van der Waals surface area (Å²) in [5, 5.41) is 18.6. The van der Waals surface area contributed by atoms with Crippen molar-refractivity contribution in [2.24, 2.45) is 11.8 Å². The summed E-state index contributed by atoms with van der Waals surface area (Å²) in [6.45, 7) is 3.75. The summed E-state index contributed by atoms with van der Waals surface area (Å²) in [7, 11) is 1.55. The number of carbonyl (C=O) groups is 4. The van der Waals surface area contributed by atoms with Crippen LogP contribution >= 0.6 is 0 Å². The highest BCUT2D eigenvalue weighted by Gasteiger charge is 2.40. The van der Waals surface area contributed by atoms with E-state index in [2.05, 4.69) is 20.9 Å². The third kappa shape index (κ3) is 5.75. The van der Waals surface area contributed by atoms with Gasteiger partial charge in [0.2, 0.25) is 11.8 Å². The van der Waals surface area contributed by atoms with Gasteiger partial charge in [0.05, 0.1) is 7.11 Å². The molecule has 1 saturated heterocycles. The van der Waals surface area contributed by atoms with Crippen LogP contribution in [0.25, 0.3) is 10.9 Å². The Balaban J connectivity index is 1.46. The Hall–Kier alpha value is -3.56. The minimum Gasteiger partial charge on any atom is -0.496 e. The number of fused-ring (bicyclic) bond motifs is 1. The van der Waals surface area contributed by atoms with E-state index < -0.39 is 41.3 Å². The number of aromatic amines is 1. The Morgan fingerprint density at radius 3 is 2.51 bits per heavy atom. The highest BCUT2D eigenvalue weighted by molar-refractivity contribution is 6.01. The number of carboxylic acid groups (broad SMARTS) is 1. The molecule has 1 aromatic heterocycles. The van der Waals surface area contributed by atoms with E-state index >= 15 is 0 Å². The summed E-state index contributed by atoms with van der Waals surface area (Å²) in [5.41, 5.74) is 0.582. The molecule has 2 fully saturated rings. The SMILES string of the molecule is COc1cccc2[nH]c(C(=O)N[C@@H](CC3CC3)C(=O)N[C@@H](C[C@@H]3CC(C)(C)NC3=O)C(=O)O)cc12. The molecule has 0 radical (unpaired) electrons. The minimum absolute atomic E-state index is 0.0117. The van der Waals surface area contributed by atoms with Gasteiger partial charge in [-0.25, -0.2) is 4.79 Å². The molecule has 0 spiro atoms. The molecule has 3 amide bonds. The number of ether oxygens (including phenoxy) is 1.